The van der Waals surface area contributed by atoms with Gasteiger partial charge in [-0.15, -0.1) is 0 Å². The Kier molecular flexibility index (Phi) is 3.58. The zero-order chi connectivity index (χ0) is 14.8. The fourth-order valence-corrected chi connectivity index (χ4v) is 3.04. The summed E-state index contributed by atoms with van der Waals surface area (Å²) in [5.41, 5.74) is 2.06. The molecular formula is C16H14N2O2S. The molecule has 21 heavy (non-hydrogen) atoms. The van der Waals surface area contributed by atoms with E-state index in [2.05, 4.69) is 35.2 Å². The van der Waals surface area contributed by atoms with Crippen LogP contribution in [0.4, 0.5) is 10.7 Å². The van der Waals surface area contributed by atoms with Crippen molar-refractivity contribution in [3.63, 3.8) is 0 Å². The molecule has 106 valence electrons. The molecule has 0 saturated carbocycles. The summed E-state index contributed by atoms with van der Waals surface area (Å²) in [5, 5.41) is 15.2. The maximum absolute atomic E-state index is 10.7. The van der Waals surface area contributed by atoms with E-state index in [1.165, 1.54) is 22.1 Å². The molecule has 0 fully saturated rings. The quantitative estimate of drug-likeness (QED) is 0.528. The Bertz CT molecular complexity index is 798. The van der Waals surface area contributed by atoms with E-state index in [-0.39, 0.29) is 9.92 Å². The first-order valence-corrected chi connectivity index (χ1v) is 7.43. The lowest BCUT2D eigenvalue weighted by Gasteiger charge is -2.19. The third kappa shape index (κ3) is 2.87. The largest absolute Gasteiger partial charge is 0.370 e. The molecule has 5 heteroatoms. The van der Waals surface area contributed by atoms with Crippen LogP contribution in [0, 0.1) is 10.1 Å². The summed E-state index contributed by atoms with van der Waals surface area (Å²) in [6.45, 7) is 0.655. The van der Waals surface area contributed by atoms with Crippen molar-refractivity contribution in [1.29, 1.82) is 0 Å². The molecule has 4 nitrogen and oxygen atoms in total. The highest BCUT2D eigenvalue weighted by Gasteiger charge is 2.11. The van der Waals surface area contributed by atoms with Gasteiger partial charge in [0.1, 0.15) is 0 Å². The van der Waals surface area contributed by atoms with Crippen LogP contribution in [-0.4, -0.2) is 12.0 Å². The molecule has 0 radical (unpaired) electrons. The molecule has 0 unspecified atom stereocenters. The zero-order valence-electron chi connectivity index (χ0n) is 11.5. The lowest BCUT2D eigenvalue weighted by molar-refractivity contribution is -0.380. The monoisotopic (exact) mass is 298 g/mol. The summed E-state index contributed by atoms with van der Waals surface area (Å²) >= 11 is 1.17. The summed E-state index contributed by atoms with van der Waals surface area (Å²) < 4.78 is 0. The van der Waals surface area contributed by atoms with Crippen LogP contribution in [0.3, 0.4) is 0 Å². The molecule has 0 amide bonds. The van der Waals surface area contributed by atoms with E-state index in [0.717, 1.165) is 11.3 Å². The van der Waals surface area contributed by atoms with Gasteiger partial charge in [-0.1, -0.05) is 41.7 Å². The SMILES string of the molecule is CN(Cc1csc([N+](=O)[O-])c1)c1ccc2ccccc2c1. The first-order chi connectivity index (χ1) is 10.1. The highest BCUT2D eigenvalue weighted by molar-refractivity contribution is 7.13. The predicted octanol–water partition coefficient (Wildman–Crippen LogP) is 4.45. The molecule has 0 N–H and O–H groups in total. The minimum Gasteiger partial charge on any atom is -0.370 e. The van der Waals surface area contributed by atoms with E-state index in [1.807, 2.05) is 24.6 Å². The molecule has 0 spiro atoms. The van der Waals surface area contributed by atoms with Crippen LogP contribution in [0.1, 0.15) is 5.56 Å². The number of nitro groups is 1. The van der Waals surface area contributed by atoms with Gasteiger partial charge in [-0.05, 0) is 28.5 Å². The molecular weight excluding hydrogens is 284 g/mol. The Morgan fingerprint density at radius 2 is 1.90 bits per heavy atom. The number of hydrogen-bond donors (Lipinski definition) is 0. The predicted molar refractivity (Wildman–Crippen MR) is 87.0 cm³/mol. The summed E-state index contributed by atoms with van der Waals surface area (Å²) in [6, 6.07) is 16.2. The highest BCUT2D eigenvalue weighted by atomic mass is 32.1. The van der Waals surface area contributed by atoms with Gasteiger partial charge in [-0.2, -0.15) is 0 Å². The zero-order valence-corrected chi connectivity index (χ0v) is 12.3. The van der Waals surface area contributed by atoms with E-state index in [4.69, 9.17) is 0 Å². The van der Waals surface area contributed by atoms with Crippen molar-refractivity contribution in [3.8, 4) is 0 Å². The van der Waals surface area contributed by atoms with Gasteiger partial charge in [0.25, 0.3) is 0 Å². The minimum atomic E-state index is -0.343. The van der Waals surface area contributed by atoms with E-state index in [9.17, 15) is 10.1 Å². The summed E-state index contributed by atoms with van der Waals surface area (Å²) in [5.74, 6) is 0. The molecule has 0 atom stereocenters. The van der Waals surface area contributed by atoms with Crippen LogP contribution >= 0.6 is 11.3 Å². The van der Waals surface area contributed by atoms with Gasteiger partial charge in [-0.3, -0.25) is 10.1 Å². The molecule has 1 aromatic heterocycles. The summed E-state index contributed by atoms with van der Waals surface area (Å²) in [4.78, 5) is 12.5. The fourth-order valence-electron chi connectivity index (χ4n) is 2.32. The van der Waals surface area contributed by atoms with Gasteiger partial charge in [0.2, 0.25) is 0 Å². The topological polar surface area (TPSA) is 46.4 Å². The molecule has 0 aliphatic heterocycles. The number of rotatable bonds is 4. The molecule has 3 rings (SSSR count). The van der Waals surface area contributed by atoms with Crippen LogP contribution in [-0.2, 0) is 6.54 Å². The molecule has 3 aromatic rings. The Hall–Kier alpha value is -2.40. The lowest BCUT2D eigenvalue weighted by atomic mass is 10.1. The van der Waals surface area contributed by atoms with Crippen molar-refractivity contribution in [3.05, 3.63) is 69.6 Å². The van der Waals surface area contributed by atoms with Crippen LogP contribution in [0.15, 0.2) is 53.9 Å². The Morgan fingerprint density at radius 3 is 2.62 bits per heavy atom. The van der Waals surface area contributed by atoms with Gasteiger partial charge in [0, 0.05) is 30.7 Å². The minimum absolute atomic E-state index is 0.192. The van der Waals surface area contributed by atoms with Gasteiger partial charge in [0.15, 0.2) is 0 Å². The van der Waals surface area contributed by atoms with Crippen LogP contribution in [0.2, 0.25) is 0 Å². The number of fused-ring (bicyclic) bond motifs is 1. The second kappa shape index (κ2) is 5.54. The second-order valence-electron chi connectivity index (χ2n) is 4.94. The Balaban J connectivity index is 1.82. The van der Waals surface area contributed by atoms with Crippen molar-refractivity contribution < 1.29 is 4.92 Å². The number of hydrogen-bond acceptors (Lipinski definition) is 4. The summed E-state index contributed by atoms with van der Waals surface area (Å²) in [6.07, 6.45) is 0. The third-order valence-corrected chi connectivity index (χ3v) is 4.34. The lowest BCUT2D eigenvalue weighted by Crippen LogP contribution is -2.15. The van der Waals surface area contributed by atoms with E-state index < -0.39 is 0 Å². The first kappa shape index (κ1) is 13.6. The van der Waals surface area contributed by atoms with Crippen molar-refractivity contribution in [2.75, 3.05) is 11.9 Å². The second-order valence-corrected chi connectivity index (χ2v) is 5.83. The van der Waals surface area contributed by atoms with Gasteiger partial charge in [-0.25, -0.2) is 0 Å². The van der Waals surface area contributed by atoms with Crippen LogP contribution in [0.5, 0.6) is 0 Å². The maximum atomic E-state index is 10.7. The van der Waals surface area contributed by atoms with Crippen molar-refractivity contribution in [1.82, 2.24) is 0 Å². The molecule has 0 bridgehead atoms. The summed E-state index contributed by atoms with van der Waals surface area (Å²) in [7, 11) is 1.99. The highest BCUT2D eigenvalue weighted by Crippen LogP contribution is 2.26. The van der Waals surface area contributed by atoms with Crippen LogP contribution < -0.4 is 4.90 Å². The van der Waals surface area contributed by atoms with E-state index in [0.29, 0.717) is 6.54 Å². The number of benzene rings is 2. The normalized spacial score (nSPS) is 10.7. The fraction of sp³-hybridized carbons (Fsp3) is 0.125. The van der Waals surface area contributed by atoms with Crippen LogP contribution in [0.25, 0.3) is 10.8 Å². The average Bonchev–Trinajstić information content (AvgIpc) is 2.95. The average molecular weight is 298 g/mol. The molecule has 0 saturated heterocycles. The van der Waals surface area contributed by atoms with Gasteiger partial charge >= 0.3 is 5.00 Å². The number of nitrogens with zero attached hydrogens (tertiary/aromatic N) is 2. The molecule has 0 aliphatic rings. The van der Waals surface area contributed by atoms with Gasteiger partial charge < -0.3 is 4.90 Å². The van der Waals surface area contributed by atoms with Gasteiger partial charge in [0.05, 0.1) is 4.92 Å². The number of thiophene rings is 1. The van der Waals surface area contributed by atoms with E-state index in [1.54, 1.807) is 6.07 Å². The molecule has 2 aromatic carbocycles. The van der Waals surface area contributed by atoms with Crippen molar-refractivity contribution in [2.24, 2.45) is 0 Å². The van der Waals surface area contributed by atoms with Crippen molar-refractivity contribution in [2.45, 2.75) is 6.54 Å². The first-order valence-electron chi connectivity index (χ1n) is 6.55. The molecule has 0 aliphatic carbocycles. The maximum Gasteiger partial charge on any atom is 0.324 e. The molecule has 1 heterocycles. The smallest absolute Gasteiger partial charge is 0.324 e. The van der Waals surface area contributed by atoms with E-state index >= 15 is 0 Å². The van der Waals surface area contributed by atoms with Crippen molar-refractivity contribution >= 4 is 32.8 Å². The Morgan fingerprint density at radius 1 is 1.14 bits per heavy atom. The Labute approximate surface area is 126 Å². The standard InChI is InChI=1S/C16H14N2O2S/c1-17(10-12-8-16(18(19)20)21-11-12)15-7-6-13-4-2-3-5-14(13)9-15/h2-9,11H,10H2,1H3. The number of anilines is 1. The third-order valence-electron chi connectivity index (χ3n) is 3.41.